The Morgan fingerprint density at radius 2 is 1.59 bits per heavy atom. The average Bonchev–Trinajstić information content (AvgIpc) is 2.77. The Balaban J connectivity index is 2.13. The molecule has 0 aliphatic carbocycles. The van der Waals surface area contributed by atoms with Crippen LogP contribution in [0.3, 0.4) is 0 Å². The maximum absolute atomic E-state index is 12.5. The number of ether oxygens (including phenoxy) is 2. The van der Waals surface area contributed by atoms with Crippen LogP contribution in [0.4, 0.5) is 13.2 Å². The van der Waals surface area contributed by atoms with Crippen molar-refractivity contribution < 1.29 is 41.8 Å². The van der Waals surface area contributed by atoms with Crippen LogP contribution in [0.2, 0.25) is 0 Å². The van der Waals surface area contributed by atoms with Crippen LogP contribution in [0.5, 0.6) is 5.75 Å². The Labute approximate surface area is 190 Å². The molecule has 180 valence electrons. The van der Waals surface area contributed by atoms with Crippen molar-refractivity contribution in [3.8, 4) is 5.75 Å². The molecular weight excluding hydrogens is 461 g/mol. The normalized spacial score (nSPS) is 11.7. The standard InChI is InChI=1S/C21H19F3N4O6/c22-21(23,24)20(32)34-19(31)15(8-9-33-14-3-1-2-13(10-14)16(25)26)28-18(30)12-6-4-11(5-7-12)17(27)29/h1-7,10,15H,8-9H2,(H3,25,26)(H2,27,29)(H,28,30)/t15-/m0/s1. The number of alkyl halides is 3. The number of rotatable bonds is 9. The molecule has 10 nitrogen and oxygen atoms in total. The molecule has 0 radical (unpaired) electrons. The van der Waals surface area contributed by atoms with Gasteiger partial charge in [-0.3, -0.25) is 15.0 Å². The molecule has 1 atom stereocenters. The molecule has 0 saturated carbocycles. The number of carbonyl (C=O) groups excluding carboxylic acids is 4. The second-order valence-corrected chi connectivity index (χ2v) is 6.75. The first-order chi connectivity index (χ1) is 15.9. The van der Waals surface area contributed by atoms with E-state index in [1.165, 1.54) is 42.5 Å². The predicted molar refractivity (Wildman–Crippen MR) is 111 cm³/mol. The summed E-state index contributed by atoms with van der Waals surface area (Å²) < 4.78 is 46.7. The Hall–Kier alpha value is -4.42. The molecule has 6 N–H and O–H groups in total. The average molecular weight is 480 g/mol. The first-order valence-corrected chi connectivity index (χ1v) is 9.49. The van der Waals surface area contributed by atoms with E-state index in [1.54, 1.807) is 6.07 Å². The zero-order valence-corrected chi connectivity index (χ0v) is 17.3. The van der Waals surface area contributed by atoms with Gasteiger partial charge in [0.05, 0.1) is 6.61 Å². The summed E-state index contributed by atoms with van der Waals surface area (Å²) in [6.45, 7) is -0.289. The van der Waals surface area contributed by atoms with E-state index in [4.69, 9.17) is 21.6 Å². The van der Waals surface area contributed by atoms with Crippen molar-refractivity contribution in [1.82, 2.24) is 5.32 Å². The topological polar surface area (TPSA) is 175 Å². The Kier molecular flexibility index (Phi) is 8.31. The largest absolute Gasteiger partial charge is 0.493 e. The zero-order valence-electron chi connectivity index (χ0n) is 17.3. The number of nitrogens with two attached hydrogens (primary N) is 2. The first kappa shape index (κ1) is 25.8. The fourth-order valence-corrected chi connectivity index (χ4v) is 2.54. The van der Waals surface area contributed by atoms with Gasteiger partial charge in [-0.05, 0) is 36.4 Å². The van der Waals surface area contributed by atoms with Gasteiger partial charge in [-0.25, -0.2) is 9.59 Å². The van der Waals surface area contributed by atoms with Gasteiger partial charge in [0.25, 0.3) is 5.91 Å². The molecule has 0 bridgehead atoms. The minimum atomic E-state index is -5.42. The van der Waals surface area contributed by atoms with E-state index in [1.807, 2.05) is 0 Å². The lowest BCUT2D eigenvalue weighted by molar-refractivity contribution is -0.202. The van der Waals surface area contributed by atoms with Crippen LogP contribution in [0.1, 0.15) is 32.7 Å². The van der Waals surface area contributed by atoms with Gasteiger partial charge >= 0.3 is 18.1 Å². The highest BCUT2D eigenvalue weighted by atomic mass is 19.4. The van der Waals surface area contributed by atoms with E-state index < -0.39 is 36.0 Å². The molecule has 0 saturated heterocycles. The van der Waals surface area contributed by atoms with Gasteiger partial charge in [-0.1, -0.05) is 12.1 Å². The van der Waals surface area contributed by atoms with E-state index in [9.17, 15) is 32.3 Å². The van der Waals surface area contributed by atoms with Crippen molar-refractivity contribution >= 4 is 29.6 Å². The van der Waals surface area contributed by atoms with Gasteiger partial charge < -0.3 is 26.3 Å². The van der Waals surface area contributed by atoms with Crippen molar-refractivity contribution in [2.45, 2.75) is 18.6 Å². The first-order valence-electron chi connectivity index (χ1n) is 9.49. The molecule has 0 aromatic heterocycles. The number of esters is 2. The van der Waals surface area contributed by atoms with Crippen LogP contribution in [0, 0.1) is 5.41 Å². The SMILES string of the molecule is N=C(N)c1cccc(OCC[C@H](NC(=O)c2ccc(C(N)=O)cc2)C(=O)OC(=O)C(F)(F)F)c1. The summed E-state index contributed by atoms with van der Waals surface area (Å²) in [7, 11) is 0. The molecule has 0 aliphatic heterocycles. The maximum Gasteiger partial charge on any atom is 0.491 e. The second-order valence-electron chi connectivity index (χ2n) is 6.75. The summed E-state index contributed by atoms with van der Waals surface area (Å²) in [6, 6.07) is 9.22. The van der Waals surface area contributed by atoms with E-state index >= 15 is 0 Å². The molecule has 0 aliphatic rings. The van der Waals surface area contributed by atoms with E-state index in [0.717, 1.165) is 0 Å². The molecule has 2 amide bonds. The Bertz CT molecular complexity index is 1100. The Morgan fingerprint density at radius 1 is 0.971 bits per heavy atom. The highest BCUT2D eigenvalue weighted by Crippen LogP contribution is 2.18. The minimum Gasteiger partial charge on any atom is -0.493 e. The number of benzene rings is 2. The van der Waals surface area contributed by atoms with Crippen LogP contribution >= 0.6 is 0 Å². The number of halogens is 3. The van der Waals surface area contributed by atoms with Crippen LogP contribution in [-0.2, 0) is 14.3 Å². The molecule has 0 spiro atoms. The van der Waals surface area contributed by atoms with E-state index in [-0.39, 0.29) is 35.7 Å². The monoisotopic (exact) mass is 480 g/mol. The number of hydrogen-bond acceptors (Lipinski definition) is 7. The maximum atomic E-state index is 12.5. The highest BCUT2D eigenvalue weighted by molar-refractivity contribution is 6.00. The predicted octanol–water partition coefficient (Wildman–Crippen LogP) is 1.27. The number of hydrogen-bond donors (Lipinski definition) is 4. The second kappa shape index (κ2) is 10.9. The van der Waals surface area contributed by atoms with Crippen molar-refractivity contribution in [1.29, 1.82) is 5.41 Å². The molecule has 0 heterocycles. The molecule has 13 heteroatoms. The van der Waals surface area contributed by atoms with Crippen LogP contribution < -0.4 is 21.5 Å². The van der Waals surface area contributed by atoms with Gasteiger partial charge in [-0.2, -0.15) is 13.2 Å². The lowest BCUT2D eigenvalue weighted by atomic mass is 10.1. The molecule has 0 fully saturated rings. The fourth-order valence-electron chi connectivity index (χ4n) is 2.54. The number of carbonyl (C=O) groups is 4. The van der Waals surface area contributed by atoms with Crippen molar-refractivity contribution in [2.24, 2.45) is 11.5 Å². The van der Waals surface area contributed by atoms with Crippen molar-refractivity contribution in [2.75, 3.05) is 6.61 Å². The van der Waals surface area contributed by atoms with Gasteiger partial charge in [0.2, 0.25) is 5.91 Å². The lowest BCUT2D eigenvalue weighted by Gasteiger charge is -2.18. The number of amidine groups is 1. The van der Waals surface area contributed by atoms with Crippen LogP contribution in [-0.4, -0.2) is 48.4 Å². The third-order valence-electron chi connectivity index (χ3n) is 4.27. The molecule has 0 unspecified atom stereocenters. The summed E-state index contributed by atoms with van der Waals surface area (Å²) in [5, 5.41) is 9.58. The van der Waals surface area contributed by atoms with Crippen molar-refractivity contribution in [3.05, 3.63) is 65.2 Å². The summed E-state index contributed by atoms with van der Waals surface area (Å²) in [4.78, 5) is 46.8. The van der Waals surface area contributed by atoms with Gasteiger partial charge in [0, 0.05) is 23.1 Å². The van der Waals surface area contributed by atoms with Crippen LogP contribution in [0.25, 0.3) is 0 Å². The minimum absolute atomic E-state index is 0.0416. The highest BCUT2D eigenvalue weighted by Gasteiger charge is 2.43. The zero-order chi connectivity index (χ0) is 25.5. The number of primary amides is 1. The van der Waals surface area contributed by atoms with E-state index in [0.29, 0.717) is 5.56 Å². The molecular formula is C21H19F3N4O6. The van der Waals surface area contributed by atoms with Crippen LogP contribution in [0.15, 0.2) is 48.5 Å². The van der Waals surface area contributed by atoms with Crippen molar-refractivity contribution in [3.63, 3.8) is 0 Å². The van der Waals surface area contributed by atoms with E-state index in [2.05, 4.69) is 10.1 Å². The summed E-state index contributed by atoms with van der Waals surface area (Å²) in [5.41, 5.74) is 10.9. The molecule has 2 aromatic carbocycles. The molecule has 2 aromatic rings. The Morgan fingerprint density at radius 3 is 2.15 bits per heavy atom. The molecule has 34 heavy (non-hydrogen) atoms. The van der Waals surface area contributed by atoms with Gasteiger partial charge in [0.1, 0.15) is 17.6 Å². The number of nitrogens with one attached hydrogen (secondary N) is 2. The third-order valence-corrected chi connectivity index (χ3v) is 4.27. The molecule has 2 rings (SSSR count). The fraction of sp³-hybridized carbons (Fsp3) is 0.190. The van der Waals surface area contributed by atoms with Gasteiger partial charge in [0.15, 0.2) is 0 Å². The third kappa shape index (κ3) is 7.32. The lowest BCUT2D eigenvalue weighted by Crippen LogP contribution is -2.44. The summed E-state index contributed by atoms with van der Waals surface area (Å²) in [5.74, 6) is -6.02. The number of amides is 2. The smallest absolute Gasteiger partial charge is 0.491 e. The summed E-state index contributed by atoms with van der Waals surface area (Å²) in [6.07, 6.45) is -5.79. The summed E-state index contributed by atoms with van der Waals surface area (Å²) >= 11 is 0. The quantitative estimate of drug-likeness (QED) is 0.181. The van der Waals surface area contributed by atoms with Gasteiger partial charge in [-0.15, -0.1) is 0 Å². The number of nitrogen functional groups attached to an aromatic ring is 1.